The quantitative estimate of drug-likeness (QED) is 0.200. The Balaban J connectivity index is 0.977. The van der Waals surface area contributed by atoms with Crippen LogP contribution in [0.5, 0.6) is 0 Å². The maximum atomic E-state index is 2.61. The van der Waals surface area contributed by atoms with Gasteiger partial charge in [0.2, 0.25) is 6.34 Å². The summed E-state index contributed by atoms with van der Waals surface area (Å²) in [5.74, 6) is 1.55. The average molecular weight is 648 g/mol. The number of benzene rings is 4. The molecular formula is C47H55N2+. The zero-order valence-corrected chi connectivity index (χ0v) is 29.7. The summed E-state index contributed by atoms with van der Waals surface area (Å²) in [6.45, 7) is 2.09. The van der Waals surface area contributed by atoms with Crippen LogP contribution >= 0.6 is 0 Å². The first kappa shape index (κ1) is 31.3. The Morgan fingerprint density at radius 2 is 0.918 bits per heavy atom. The zero-order chi connectivity index (χ0) is 32.6. The summed E-state index contributed by atoms with van der Waals surface area (Å²) in [6.07, 6.45) is 25.5. The van der Waals surface area contributed by atoms with Gasteiger partial charge in [0, 0.05) is 0 Å². The van der Waals surface area contributed by atoms with Crippen molar-refractivity contribution >= 4 is 17.7 Å². The Kier molecular flexibility index (Phi) is 8.91. The van der Waals surface area contributed by atoms with Crippen LogP contribution in [0.15, 0.2) is 72.8 Å². The Hall–Kier alpha value is -3.65. The van der Waals surface area contributed by atoms with E-state index in [1.165, 1.54) is 109 Å². The van der Waals surface area contributed by atoms with Gasteiger partial charge in [0.25, 0.3) is 0 Å². The highest BCUT2D eigenvalue weighted by atomic mass is 15.3. The summed E-state index contributed by atoms with van der Waals surface area (Å²) in [5.41, 5.74) is 18.5. The van der Waals surface area contributed by atoms with E-state index in [0.29, 0.717) is 0 Å². The molecule has 0 radical (unpaired) electrons. The van der Waals surface area contributed by atoms with E-state index < -0.39 is 0 Å². The van der Waals surface area contributed by atoms with Crippen molar-refractivity contribution in [3.63, 3.8) is 0 Å². The van der Waals surface area contributed by atoms with E-state index in [9.17, 15) is 0 Å². The number of hydrogen-bond acceptors (Lipinski definition) is 1. The minimum absolute atomic E-state index is 0.777. The first-order valence-corrected chi connectivity index (χ1v) is 20.1. The van der Waals surface area contributed by atoms with Gasteiger partial charge in [-0.3, -0.25) is 0 Å². The molecule has 4 aromatic rings. The molecule has 2 saturated carbocycles. The minimum Gasteiger partial charge on any atom is -0.229 e. The lowest BCUT2D eigenvalue weighted by molar-refractivity contribution is -0.424. The Bertz CT molecular complexity index is 1850. The summed E-state index contributed by atoms with van der Waals surface area (Å²) in [4.78, 5) is 2.58. The van der Waals surface area contributed by atoms with E-state index in [1.54, 1.807) is 22.3 Å². The number of nitrogens with zero attached hydrogens (tertiary/aromatic N) is 2. The maximum Gasteiger partial charge on any atom is 0.244 e. The van der Waals surface area contributed by atoms with Crippen LogP contribution in [0.1, 0.15) is 132 Å². The molecule has 0 atom stereocenters. The molecule has 2 nitrogen and oxygen atoms in total. The van der Waals surface area contributed by atoms with E-state index in [2.05, 4.69) is 88.6 Å². The van der Waals surface area contributed by atoms with Gasteiger partial charge >= 0.3 is 0 Å². The SMILES string of the molecule is C1=[N+](c2cc3ccc2CCc2ccc(c(C4CCCCC4)c2)CC3)CCN1c1cc2ccc1CCc1ccc(c(C3CCCCC3)c1)CC2. The molecule has 49 heavy (non-hydrogen) atoms. The van der Waals surface area contributed by atoms with Crippen LogP contribution in [0.4, 0.5) is 11.4 Å². The molecule has 2 heteroatoms. The molecule has 2 fully saturated rings. The van der Waals surface area contributed by atoms with Crippen molar-refractivity contribution in [3.05, 3.63) is 128 Å². The predicted molar refractivity (Wildman–Crippen MR) is 205 cm³/mol. The Labute approximate surface area is 295 Å². The molecule has 10 aliphatic carbocycles. The van der Waals surface area contributed by atoms with Gasteiger partial charge in [-0.25, -0.2) is 9.48 Å². The van der Waals surface area contributed by atoms with E-state index in [0.717, 1.165) is 76.3 Å². The predicted octanol–water partition coefficient (Wildman–Crippen LogP) is 10.7. The number of aryl methyl sites for hydroxylation is 8. The van der Waals surface area contributed by atoms with Crippen LogP contribution in [-0.4, -0.2) is 24.0 Å². The van der Waals surface area contributed by atoms with Crippen molar-refractivity contribution in [2.75, 3.05) is 18.0 Å². The smallest absolute Gasteiger partial charge is 0.229 e. The molecule has 0 saturated heterocycles. The third kappa shape index (κ3) is 6.65. The topological polar surface area (TPSA) is 6.25 Å². The zero-order valence-electron chi connectivity index (χ0n) is 29.7. The largest absolute Gasteiger partial charge is 0.244 e. The fraction of sp³-hybridized carbons (Fsp3) is 0.468. The second-order valence-corrected chi connectivity index (χ2v) is 16.2. The minimum atomic E-state index is 0.777. The van der Waals surface area contributed by atoms with Gasteiger partial charge in [0.15, 0.2) is 0 Å². The van der Waals surface area contributed by atoms with Crippen molar-refractivity contribution in [2.45, 2.75) is 127 Å². The van der Waals surface area contributed by atoms with Crippen LogP contribution in [0.2, 0.25) is 0 Å². The van der Waals surface area contributed by atoms with Crippen LogP contribution in [0, 0.1) is 0 Å². The van der Waals surface area contributed by atoms with Crippen molar-refractivity contribution < 1.29 is 4.58 Å². The lowest BCUT2D eigenvalue weighted by Crippen LogP contribution is -2.20. The normalized spacial score (nSPS) is 20.2. The summed E-state index contributed by atoms with van der Waals surface area (Å²) in [7, 11) is 0. The van der Waals surface area contributed by atoms with Gasteiger partial charge < -0.3 is 0 Å². The molecule has 8 bridgehead atoms. The lowest BCUT2D eigenvalue weighted by Gasteiger charge is -2.26. The third-order valence-corrected chi connectivity index (χ3v) is 13.0. The molecule has 0 amide bonds. The Morgan fingerprint density at radius 1 is 0.449 bits per heavy atom. The molecule has 15 rings (SSSR count). The van der Waals surface area contributed by atoms with Gasteiger partial charge in [-0.2, -0.15) is 0 Å². The second kappa shape index (κ2) is 13.9. The van der Waals surface area contributed by atoms with Crippen molar-refractivity contribution in [1.82, 2.24) is 0 Å². The summed E-state index contributed by atoms with van der Waals surface area (Å²) in [5, 5.41) is 0. The second-order valence-electron chi connectivity index (χ2n) is 16.2. The summed E-state index contributed by atoms with van der Waals surface area (Å²) >= 11 is 0. The number of hydrogen-bond donors (Lipinski definition) is 0. The fourth-order valence-electron chi connectivity index (χ4n) is 10.1. The molecule has 0 aromatic heterocycles. The molecule has 252 valence electrons. The van der Waals surface area contributed by atoms with Gasteiger partial charge in [0.1, 0.15) is 24.5 Å². The average Bonchev–Trinajstić information content (AvgIpc) is 3.64. The maximum absolute atomic E-state index is 2.61. The molecular weight excluding hydrogens is 593 g/mol. The fourth-order valence-corrected chi connectivity index (χ4v) is 10.1. The van der Waals surface area contributed by atoms with E-state index in [1.807, 2.05) is 0 Å². The van der Waals surface area contributed by atoms with Crippen molar-refractivity contribution in [3.8, 4) is 0 Å². The molecule has 1 aliphatic heterocycles. The van der Waals surface area contributed by atoms with Gasteiger partial charge in [-0.1, -0.05) is 99.2 Å². The highest BCUT2D eigenvalue weighted by Crippen LogP contribution is 2.38. The number of rotatable bonds is 4. The highest BCUT2D eigenvalue weighted by molar-refractivity contribution is 5.80. The highest BCUT2D eigenvalue weighted by Gasteiger charge is 2.28. The van der Waals surface area contributed by atoms with Crippen LogP contribution in [0.25, 0.3) is 0 Å². The van der Waals surface area contributed by atoms with E-state index in [-0.39, 0.29) is 0 Å². The molecule has 11 aliphatic rings. The van der Waals surface area contributed by atoms with Gasteiger partial charge in [-0.15, -0.1) is 0 Å². The summed E-state index contributed by atoms with van der Waals surface area (Å²) in [6, 6.07) is 29.9. The molecule has 0 spiro atoms. The van der Waals surface area contributed by atoms with Crippen LogP contribution in [0.3, 0.4) is 0 Å². The Morgan fingerprint density at radius 3 is 1.51 bits per heavy atom. The molecule has 4 aromatic carbocycles. The monoisotopic (exact) mass is 647 g/mol. The first-order chi connectivity index (χ1) is 24.2. The van der Waals surface area contributed by atoms with Crippen LogP contribution < -0.4 is 4.90 Å². The molecule has 1 heterocycles. The van der Waals surface area contributed by atoms with E-state index >= 15 is 0 Å². The van der Waals surface area contributed by atoms with Gasteiger partial charge in [0.05, 0.1) is 0 Å². The third-order valence-electron chi connectivity index (χ3n) is 13.0. The standard InChI is InChI=1S/C47H55N2/c1-3-7-38(8-4-1)44-29-34-11-19-40(44)21-13-36-17-25-42(23-15-34)46(31-36)48-27-28-49(33-48)47-32-37-14-22-41-20-12-35(16-24-43(47)26-18-37)30-45(41)39-9-5-2-6-10-39/h11-12,17-20,25-26,29-33,38-39H,1-10,13-16,21-24,27-28H2/q+1. The van der Waals surface area contributed by atoms with E-state index in [4.69, 9.17) is 0 Å². The summed E-state index contributed by atoms with van der Waals surface area (Å²) < 4.78 is 2.58. The van der Waals surface area contributed by atoms with Crippen molar-refractivity contribution in [2.24, 2.45) is 0 Å². The molecule has 0 unspecified atom stereocenters. The number of anilines is 1. The van der Waals surface area contributed by atoms with Crippen molar-refractivity contribution in [1.29, 1.82) is 0 Å². The first-order valence-electron chi connectivity index (χ1n) is 20.1. The molecule has 0 N–H and O–H groups in total. The van der Waals surface area contributed by atoms with Gasteiger partial charge in [-0.05, 0) is 157 Å². The van der Waals surface area contributed by atoms with Crippen LogP contribution in [-0.2, 0) is 51.4 Å². The lowest BCUT2D eigenvalue weighted by atomic mass is 9.80.